The first-order chi connectivity index (χ1) is 11.0. The van der Waals surface area contributed by atoms with Crippen LogP contribution in [0.25, 0.3) is 11.0 Å². The fraction of sp³-hybridized carbons (Fsp3) is 0.118. The van der Waals surface area contributed by atoms with Gasteiger partial charge in [-0.15, -0.1) is 0 Å². The minimum Gasteiger partial charge on any atom is -0.333 e. The zero-order valence-corrected chi connectivity index (χ0v) is 12.8. The average Bonchev–Trinajstić information content (AvgIpc) is 2.90. The molecular formula is C17H16N4O2. The van der Waals surface area contributed by atoms with Gasteiger partial charge in [0, 0.05) is 25.3 Å². The zero-order chi connectivity index (χ0) is 16.4. The van der Waals surface area contributed by atoms with Crippen LogP contribution in [0.1, 0.15) is 17.3 Å². The highest BCUT2D eigenvalue weighted by Crippen LogP contribution is 2.19. The van der Waals surface area contributed by atoms with Crippen molar-refractivity contribution in [3.8, 4) is 0 Å². The molecule has 2 N–H and O–H groups in total. The molecule has 6 heteroatoms. The van der Waals surface area contributed by atoms with Crippen LogP contribution >= 0.6 is 0 Å². The van der Waals surface area contributed by atoms with E-state index in [1.807, 2.05) is 23.7 Å². The first-order valence-electron chi connectivity index (χ1n) is 7.13. The number of para-hydroxylation sites is 1. The molecule has 3 rings (SSSR count). The largest absolute Gasteiger partial charge is 0.333 e. The van der Waals surface area contributed by atoms with E-state index in [1.165, 1.54) is 6.92 Å². The summed E-state index contributed by atoms with van der Waals surface area (Å²) in [5.74, 6) is -0.337. The number of anilines is 2. The van der Waals surface area contributed by atoms with Crippen molar-refractivity contribution >= 4 is 34.2 Å². The molecule has 0 radical (unpaired) electrons. The number of hydrogen-bond donors (Lipinski definition) is 2. The molecule has 0 fully saturated rings. The van der Waals surface area contributed by atoms with Gasteiger partial charge in [-0.25, -0.2) is 4.98 Å². The topological polar surface area (TPSA) is 76.0 Å². The van der Waals surface area contributed by atoms with Crippen molar-refractivity contribution in [1.29, 1.82) is 0 Å². The number of aryl methyl sites for hydroxylation is 1. The van der Waals surface area contributed by atoms with Crippen molar-refractivity contribution in [2.75, 3.05) is 10.6 Å². The highest BCUT2D eigenvalue weighted by atomic mass is 16.2. The Morgan fingerprint density at radius 2 is 1.65 bits per heavy atom. The van der Waals surface area contributed by atoms with Crippen LogP contribution in [0.5, 0.6) is 0 Å². The van der Waals surface area contributed by atoms with E-state index in [9.17, 15) is 9.59 Å². The fourth-order valence-corrected chi connectivity index (χ4v) is 2.43. The fourth-order valence-electron chi connectivity index (χ4n) is 2.43. The molecule has 0 atom stereocenters. The molecule has 0 saturated carbocycles. The lowest BCUT2D eigenvalue weighted by atomic mass is 10.1. The molecule has 1 aromatic heterocycles. The predicted molar refractivity (Wildman–Crippen MR) is 89.4 cm³/mol. The van der Waals surface area contributed by atoms with E-state index in [-0.39, 0.29) is 11.8 Å². The normalized spacial score (nSPS) is 10.5. The number of rotatable bonds is 3. The molecule has 1 heterocycles. The van der Waals surface area contributed by atoms with Crippen LogP contribution in [0, 0.1) is 0 Å². The zero-order valence-electron chi connectivity index (χ0n) is 12.8. The molecule has 0 spiro atoms. The van der Waals surface area contributed by atoms with E-state index in [4.69, 9.17) is 0 Å². The molecule has 0 bridgehead atoms. The van der Waals surface area contributed by atoms with Gasteiger partial charge in [-0.3, -0.25) is 9.59 Å². The van der Waals surface area contributed by atoms with Crippen LogP contribution in [-0.2, 0) is 11.8 Å². The van der Waals surface area contributed by atoms with Crippen LogP contribution in [-0.4, -0.2) is 21.4 Å². The molecule has 6 nitrogen and oxygen atoms in total. The standard InChI is InChI=1S/C17H16N4O2/c1-11(22)19-12-6-8-13(9-7-12)20-17(23)14-4-3-5-15-16(14)21(2)10-18-15/h3-10H,1-2H3,(H,19,22)(H,20,23). The Morgan fingerprint density at radius 1 is 1.00 bits per heavy atom. The van der Waals surface area contributed by atoms with E-state index in [1.54, 1.807) is 36.7 Å². The summed E-state index contributed by atoms with van der Waals surface area (Å²) in [5, 5.41) is 5.54. The Kier molecular flexibility index (Phi) is 3.80. The lowest BCUT2D eigenvalue weighted by Gasteiger charge is -2.08. The van der Waals surface area contributed by atoms with E-state index in [0.29, 0.717) is 16.9 Å². The number of nitrogens with one attached hydrogen (secondary N) is 2. The van der Waals surface area contributed by atoms with Crippen molar-refractivity contribution in [3.05, 3.63) is 54.4 Å². The highest BCUT2D eigenvalue weighted by Gasteiger charge is 2.13. The van der Waals surface area contributed by atoms with Crippen LogP contribution in [0.3, 0.4) is 0 Å². The lowest BCUT2D eigenvalue weighted by molar-refractivity contribution is -0.114. The maximum Gasteiger partial charge on any atom is 0.257 e. The summed E-state index contributed by atoms with van der Waals surface area (Å²) in [4.78, 5) is 27.8. The summed E-state index contributed by atoms with van der Waals surface area (Å²) in [6.45, 7) is 1.45. The van der Waals surface area contributed by atoms with Gasteiger partial charge < -0.3 is 15.2 Å². The van der Waals surface area contributed by atoms with Gasteiger partial charge in [0.05, 0.1) is 22.9 Å². The Morgan fingerprint density at radius 3 is 2.30 bits per heavy atom. The third-order valence-corrected chi connectivity index (χ3v) is 3.45. The third-order valence-electron chi connectivity index (χ3n) is 3.45. The van der Waals surface area contributed by atoms with Crippen LogP contribution in [0.4, 0.5) is 11.4 Å². The van der Waals surface area contributed by atoms with Crippen LogP contribution in [0.2, 0.25) is 0 Å². The van der Waals surface area contributed by atoms with E-state index < -0.39 is 0 Å². The Balaban J connectivity index is 1.83. The van der Waals surface area contributed by atoms with E-state index >= 15 is 0 Å². The first-order valence-corrected chi connectivity index (χ1v) is 7.13. The minimum absolute atomic E-state index is 0.135. The second-order valence-electron chi connectivity index (χ2n) is 5.24. The Labute approximate surface area is 133 Å². The summed E-state index contributed by atoms with van der Waals surface area (Å²) >= 11 is 0. The monoisotopic (exact) mass is 308 g/mol. The van der Waals surface area contributed by atoms with Gasteiger partial charge in [0.15, 0.2) is 0 Å². The Hall–Kier alpha value is -3.15. The molecule has 3 aromatic rings. The smallest absolute Gasteiger partial charge is 0.257 e. The van der Waals surface area contributed by atoms with Gasteiger partial charge in [0.2, 0.25) is 5.91 Å². The van der Waals surface area contributed by atoms with Gasteiger partial charge in [-0.05, 0) is 36.4 Å². The second-order valence-corrected chi connectivity index (χ2v) is 5.24. The number of amides is 2. The van der Waals surface area contributed by atoms with Gasteiger partial charge in [0.25, 0.3) is 5.91 Å². The summed E-state index contributed by atoms with van der Waals surface area (Å²) in [6, 6.07) is 12.4. The van der Waals surface area contributed by atoms with Crippen LogP contribution < -0.4 is 10.6 Å². The summed E-state index contributed by atoms with van der Waals surface area (Å²) in [5.41, 5.74) is 3.47. The molecule has 0 aliphatic carbocycles. The number of imidazole rings is 1. The summed E-state index contributed by atoms with van der Waals surface area (Å²) in [6.07, 6.45) is 1.68. The molecule has 2 aromatic carbocycles. The van der Waals surface area contributed by atoms with E-state index in [2.05, 4.69) is 15.6 Å². The minimum atomic E-state index is -0.202. The highest BCUT2D eigenvalue weighted by molar-refractivity contribution is 6.11. The molecule has 0 unspecified atom stereocenters. The lowest BCUT2D eigenvalue weighted by Crippen LogP contribution is -2.13. The molecule has 0 saturated heterocycles. The molecule has 0 aliphatic rings. The molecular weight excluding hydrogens is 292 g/mol. The number of nitrogens with zero attached hydrogens (tertiary/aromatic N) is 2. The third kappa shape index (κ3) is 3.06. The van der Waals surface area contributed by atoms with Gasteiger partial charge >= 0.3 is 0 Å². The molecule has 116 valence electrons. The van der Waals surface area contributed by atoms with Crippen molar-refractivity contribution < 1.29 is 9.59 Å². The predicted octanol–water partition coefficient (Wildman–Crippen LogP) is 2.78. The number of carbonyl (C=O) groups excluding carboxylic acids is 2. The maximum absolute atomic E-state index is 12.5. The van der Waals surface area contributed by atoms with Gasteiger partial charge in [0.1, 0.15) is 0 Å². The second kappa shape index (κ2) is 5.92. The van der Waals surface area contributed by atoms with Crippen LogP contribution in [0.15, 0.2) is 48.8 Å². The summed E-state index contributed by atoms with van der Waals surface area (Å²) in [7, 11) is 1.86. The van der Waals surface area contributed by atoms with Gasteiger partial charge in [-0.1, -0.05) is 6.07 Å². The average molecular weight is 308 g/mol. The molecule has 2 amide bonds. The number of hydrogen-bond acceptors (Lipinski definition) is 3. The number of carbonyl (C=O) groups is 2. The van der Waals surface area contributed by atoms with E-state index in [0.717, 1.165) is 11.0 Å². The SMILES string of the molecule is CC(=O)Nc1ccc(NC(=O)c2cccc3ncn(C)c23)cc1. The van der Waals surface area contributed by atoms with Crippen molar-refractivity contribution in [1.82, 2.24) is 9.55 Å². The van der Waals surface area contributed by atoms with Crippen molar-refractivity contribution in [3.63, 3.8) is 0 Å². The number of aromatic nitrogens is 2. The van der Waals surface area contributed by atoms with Crippen molar-refractivity contribution in [2.45, 2.75) is 6.92 Å². The first kappa shape index (κ1) is 14.8. The number of benzene rings is 2. The van der Waals surface area contributed by atoms with Gasteiger partial charge in [-0.2, -0.15) is 0 Å². The quantitative estimate of drug-likeness (QED) is 0.781. The molecule has 23 heavy (non-hydrogen) atoms. The number of fused-ring (bicyclic) bond motifs is 1. The molecule has 0 aliphatic heterocycles. The van der Waals surface area contributed by atoms with Crippen molar-refractivity contribution in [2.24, 2.45) is 7.05 Å². The maximum atomic E-state index is 12.5. The Bertz CT molecular complexity index is 881. The summed E-state index contributed by atoms with van der Waals surface area (Å²) < 4.78 is 1.82.